The smallest absolute Gasteiger partial charge is 0.256 e. The van der Waals surface area contributed by atoms with Crippen molar-refractivity contribution in [2.24, 2.45) is 0 Å². The molecule has 0 radical (unpaired) electrons. The molecule has 0 fully saturated rings. The van der Waals surface area contributed by atoms with Gasteiger partial charge in [-0.25, -0.2) is 0 Å². The molecule has 0 aliphatic carbocycles. The molecule has 0 saturated carbocycles. The van der Waals surface area contributed by atoms with Crippen LogP contribution < -0.4 is 0 Å². The second kappa shape index (κ2) is 4.62. The number of carbonyl (C=O) groups excluding carboxylic acids is 1. The molecule has 0 bridgehead atoms. The summed E-state index contributed by atoms with van der Waals surface area (Å²) >= 11 is 5.99. The summed E-state index contributed by atoms with van der Waals surface area (Å²) in [4.78, 5) is 17.6. The topological polar surface area (TPSA) is 33.2 Å². The van der Waals surface area contributed by atoms with Crippen LogP contribution in [0.25, 0.3) is 0 Å². The number of hydrogen-bond donors (Lipinski definition) is 0. The van der Waals surface area contributed by atoms with Gasteiger partial charge in [0.05, 0.1) is 10.6 Å². The van der Waals surface area contributed by atoms with Crippen LogP contribution in [0.3, 0.4) is 0 Å². The highest BCUT2D eigenvalue weighted by atomic mass is 35.5. The molecule has 1 rings (SSSR count). The summed E-state index contributed by atoms with van der Waals surface area (Å²) in [6.07, 6.45) is 1.53. The van der Waals surface area contributed by atoms with E-state index in [0.717, 1.165) is 5.69 Å². The number of nitrogens with zero attached hydrogens (tertiary/aromatic N) is 2. The van der Waals surface area contributed by atoms with Gasteiger partial charge in [-0.1, -0.05) is 11.6 Å². The number of pyridine rings is 1. The van der Waals surface area contributed by atoms with E-state index < -0.39 is 0 Å². The third-order valence-corrected chi connectivity index (χ3v) is 2.63. The Morgan fingerprint density at radius 2 is 2.13 bits per heavy atom. The van der Waals surface area contributed by atoms with Crippen LogP contribution in [-0.2, 0) is 0 Å². The molecular formula is C11H15ClN2O. The molecule has 3 nitrogen and oxygen atoms in total. The zero-order chi connectivity index (χ0) is 11.6. The standard InChI is InChI=1S/C11H15ClN2O/c1-7(2)14(4)11(15)9-6-13-8(3)5-10(9)12/h5-7H,1-4H3. The predicted octanol–water partition coefficient (Wildman–Crippen LogP) is 2.52. The zero-order valence-corrected chi connectivity index (χ0v) is 10.2. The van der Waals surface area contributed by atoms with Crippen molar-refractivity contribution in [3.05, 3.63) is 28.5 Å². The van der Waals surface area contributed by atoms with Crippen LogP contribution >= 0.6 is 11.6 Å². The van der Waals surface area contributed by atoms with E-state index in [0.29, 0.717) is 10.6 Å². The Kier molecular flexibility index (Phi) is 3.69. The SMILES string of the molecule is Cc1cc(Cl)c(C(=O)N(C)C(C)C)cn1. The van der Waals surface area contributed by atoms with E-state index in [1.807, 2.05) is 20.8 Å². The Balaban J connectivity index is 3.01. The highest BCUT2D eigenvalue weighted by Crippen LogP contribution is 2.17. The van der Waals surface area contributed by atoms with Crippen LogP contribution in [0.2, 0.25) is 5.02 Å². The monoisotopic (exact) mass is 226 g/mol. The van der Waals surface area contributed by atoms with Gasteiger partial charge in [-0.2, -0.15) is 0 Å². The van der Waals surface area contributed by atoms with Crippen molar-refractivity contribution in [1.29, 1.82) is 0 Å². The molecule has 0 unspecified atom stereocenters. The van der Waals surface area contributed by atoms with Crippen LogP contribution in [-0.4, -0.2) is 28.9 Å². The van der Waals surface area contributed by atoms with E-state index >= 15 is 0 Å². The number of aromatic nitrogens is 1. The second-order valence-corrected chi connectivity index (χ2v) is 4.22. The summed E-state index contributed by atoms with van der Waals surface area (Å²) in [5.74, 6) is -0.0949. The highest BCUT2D eigenvalue weighted by molar-refractivity contribution is 6.33. The summed E-state index contributed by atoms with van der Waals surface area (Å²) in [5, 5.41) is 0.458. The molecular weight excluding hydrogens is 212 g/mol. The molecule has 0 spiro atoms. The van der Waals surface area contributed by atoms with Crippen LogP contribution in [0.1, 0.15) is 29.9 Å². The maximum absolute atomic E-state index is 11.9. The van der Waals surface area contributed by atoms with Crippen LogP contribution in [0, 0.1) is 6.92 Å². The summed E-state index contributed by atoms with van der Waals surface area (Å²) in [5.41, 5.74) is 1.27. The third kappa shape index (κ3) is 2.69. The lowest BCUT2D eigenvalue weighted by Crippen LogP contribution is -2.33. The van der Waals surface area contributed by atoms with Gasteiger partial charge < -0.3 is 4.90 Å². The Morgan fingerprint density at radius 3 is 2.60 bits per heavy atom. The zero-order valence-electron chi connectivity index (χ0n) is 9.41. The second-order valence-electron chi connectivity index (χ2n) is 3.82. The van der Waals surface area contributed by atoms with Crippen molar-refractivity contribution < 1.29 is 4.79 Å². The number of hydrogen-bond acceptors (Lipinski definition) is 2. The van der Waals surface area contributed by atoms with E-state index in [1.165, 1.54) is 6.20 Å². The largest absolute Gasteiger partial charge is 0.339 e. The molecule has 0 saturated heterocycles. The number of amides is 1. The fraction of sp³-hybridized carbons (Fsp3) is 0.455. The summed E-state index contributed by atoms with van der Waals surface area (Å²) in [7, 11) is 1.75. The molecule has 1 heterocycles. The van der Waals surface area contributed by atoms with Gasteiger partial charge in [0.15, 0.2) is 0 Å². The molecule has 0 N–H and O–H groups in total. The van der Waals surface area contributed by atoms with Crippen molar-refractivity contribution in [1.82, 2.24) is 9.88 Å². The molecule has 1 aromatic rings. The maximum atomic E-state index is 11.9. The lowest BCUT2D eigenvalue weighted by molar-refractivity contribution is 0.0754. The first-order valence-electron chi connectivity index (χ1n) is 4.82. The first kappa shape index (κ1) is 12.0. The molecule has 82 valence electrons. The summed E-state index contributed by atoms with van der Waals surface area (Å²) < 4.78 is 0. The quantitative estimate of drug-likeness (QED) is 0.777. The molecule has 0 atom stereocenters. The van der Waals surface area contributed by atoms with Gasteiger partial charge in [-0.15, -0.1) is 0 Å². The Labute approximate surface area is 95.1 Å². The van der Waals surface area contributed by atoms with E-state index in [-0.39, 0.29) is 11.9 Å². The number of carbonyl (C=O) groups is 1. The van der Waals surface area contributed by atoms with Gasteiger partial charge in [-0.05, 0) is 26.8 Å². The third-order valence-electron chi connectivity index (χ3n) is 2.32. The first-order chi connectivity index (χ1) is 6.93. The highest BCUT2D eigenvalue weighted by Gasteiger charge is 2.17. The minimum Gasteiger partial charge on any atom is -0.339 e. The Bertz CT molecular complexity index is 377. The van der Waals surface area contributed by atoms with Crippen molar-refractivity contribution in [3.8, 4) is 0 Å². The Hall–Kier alpha value is -1.09. The van der Waals surface area contributed by atoms with Gasteiger partial charge in [0.1, 0.15) is 0 Å². The molecule has 15 heavy (non-hydrogen) atoms. The summed E-state index contributed by atoms with van der Waals surface area (Å²) in [6, 6.07) is 1.85. The van der Waals surface area contributed by atoms with Crippen LogP contribution in [0.15, 0.2) is 12.3 Å². The molecule has 0 aliphatic rings. The normalized spacial score (nSPS) is 10.5. The molecule has 1 aromatic heterocycles. The maximum Gasteiger partial charge on any atom is 0.256 e. The minimum atomic E-state index is -0.0949. The van der Waals surface area contributed by atoms with Gasteiger partial charge in [0.2, 0.25) is 0 Å². The van der Waals surface area contributed by atoms with Crippen LogP contribution in [0.4, 0.5) is 0 Å². The molecule has 4 heteroatoms. The molecule has 0 aromatic carbocycles. The van der Waals surface area contributed by atoms with E-state index in [9.17, 15) is 4.79 Å². The number of rotatable bonds is 2. The first-order valence-corrected chi connectivity index (χ1v) is 5.20. The molecule has 0 aliphatic heterocycles. The number of halogens is 1. The van der Waals surface area contributed by atoms with Gasteiger partial charge in [0.25, 0.3) is 5.91 Å². The van der Waals surface area contributed by atoms with Crippen molar-refractivity contribution in [3.63, 3.8) is 0 Å². The Morgan fingerprint density at radius 1 is 1.53 bits per heavy atom. The van der Waals surface area contributed by atoms with Gasteiger partial charge in [-0.3, -0.25) is 9.78 Å². The van der Waals surface area contributed by atoms with E-state index in [2.05, 4.69) is 4.98 Å². The van der Waals surface area contributed by atoms with E-state index in [4.69, 9.17) is 11.6 Å². The summed E-state index contributed by atoms with van der Waals surface area (Å²) in [6.45, 7) is 5.74. The lowest BCUT2D eigenvalue weighted by atomic mass is 10.2. The lowest BCUT2D eigenvalue weighted by Gasteiger charge is -2.21. The minimum absolute atomic E-state index is 0.0949. The van der Waals surface area contributed by atoms with Crippen molar-refractivity contribution >= 4 is 17.5 Å². The van der Waals surface area contributed by atoms with Gasteiger partial charge in [0, 0.05) is 25.0 Å². The van der Waals surface area contributed by atoms with E-state index in [1.54, 1.807) is 18.0 Å². The van der Waals surface area contributed by atoms with Gasteiger partial charge >= 0.3 is 0 Å². The van der Waals surface area contributed by atoms with Crippen molar-refractivity contribution in [2.75, 3.05) is 7.05 Å². The average molecular weight is 227 g/mol. The fourth-order valence-electron chi connectivity index (χ4n) is 1.11. The number of aryl methyl sites for hydroxylation is 1. The van der Waals surface area contributed by atoms with Crippen molar-refractivity contribution in [2.45, 2.75) is 26.8 Å². The molecule has 1 amide bonds. The fourth-order valence-corrected chi connectivity index (χ4v) is 1.40. The average Bonchev–Trinajstić information content (AvgIpc) is 2.15. The predicted molar refractivity (Wildman–Crippen MR) is 61.2 cm³/mol. The van der Waals surface area contributed by atoms with Crippen LogP contribution in [0.5, 0.6) is 0 Å².